The molecule has 0 radical (unpaired) electrons. The van der Waals surface area contributed by atoms with Crippen molar-refractivity contribution in [1.82, 2.24) is 9.80 Å². The average molecular weight is 333 g/mol. The second-order valence-electron chi connectivity index (χ2n) is 6.72. The van der Waals surface area contributed by atoms with E-state index in [2.05, 4.69) is 12.2 Å². The van der Waals surface area contributed by atoms with Crippen LogP contribution >= 0.6 is 0 Å². The highest BCUT2D eigenvalue weighted by Gasteiger charge is 2.21. The Morgan fingerprint density at radius 1 is 1.04 bits per heavy atom. The summed E-state index contributed by atoms with van der Waals surface area (Å²) in [5, 5.41) is 2.93. The molecule has 0 saturated carbocycles. The zero-order chi connectivity index (χ0) is 18.3. The third-order valence-corrected chi connectivity index (χ3v) is 3.89. The van der Waals surface area contributed by atoms with E-state index in [9.17, 15) is 9.59 Å². The van der Waals surface area contributed by atoms with Crippen LogP contribution < -0.4 is 5.32 Å². The van der Waals surface area contributed by atoms with Gasteiger partial charge in [-0.25, -0.2) is 0 Å². The first-order valence-electron chi connectivity index (χ1n) is 8.63. The molecule has 0 unspecified atom stereocenters. The number of likely N-dealkylation sites (N-methyl/N-ethyl adjacent to an activating group) is 1. The van der Waals surface area contributed by atoms with Gasteiger partial charge in [0.25, 0.3) is 0 Å². The minimum Gasteiger partial charge on any atom is -0.337 e. The van der Waals surface area contributed by atoms with Crippen LogP contribution in [-0.4, -0.2) is 53.8 Å². The number of rotatable bonds is 8. The standard InChI is InChI=1S/C19H31N3O2/c1-7-16-10-8-9-11-17(16)20-18(23)12-21(6)13-19(24)22(14(2)3)15(4)5/h8-11,14-15H,7,12-13H2,1-6H3,(H,20,23). The number of amides is 2. The Balaban J connectivity index is 2.59. The van der Waals surface area contributed by atoms with Crippen LogP contribution in [0.15, 0.2) is 24.3 Å². The molecule has 134 valence electrons. The number of hydrogen-bond acceptors (Lipinski definition) is 3. The SMILES string of the molecule is CCc1ccccc1NC(=O)CN(C)CC(=O)N(C(C)C)C(C)C. The van der Waals surface area contributed by atoms with Crippen molar-refractivity contribution in [3.05, 3.63) is 29.8 Å². The van der Waals surface area contributed by atoms with Gasteiger partial charge >= 0.3 is 0 Å². The Kier molecular flexibility index (Phi) is 7.92. The Hall–Kier alpha value is -1.88. The third kappa shape index (κ3) is 5.96. The first-order chi connectivity index (χ1) is 11.3. The Morgan fingerprint density at radius 2 is 1.62 bits per heavy atom. The summed E-state index contributed by atoms with van der Waals surface area (Å²) >= 11 is 0. The molecular formula is C19H31N3O2. The van der Waals surface area contributed by atoms with Gasteiger partial charge in [-0.2, -0.15) is 0 Å². The van der Waals surface area contributed by atoms with Gasteiger partial charge in [0.05, 0.1) is 13.1 Å². The van der Waals surface area contributed by atoms with Gasteiger partial charge in [-0.15, -0.1) is 0 Å². The number of anilines is 1. The Labute approximate surface area is 146 Å². The minimum absolute atomic E-state index is 0.0456. The lowest BCUT2D eigenvalue weighted by molar-refractivity contribution is -0.135. The van der Waals surface area contributed by atoms with E-state index in [0.29, 0.717) is 0 Å². The fourth-order valence-corrected chi connectivity index (χ4v) is 2.93. The summed E-state index contributed by atoms with van der Waals surface area (Å²) in [7, 11) is 1.79. The van der Waals surface area contributed by atoms with Crippen molar-refractivity contribution in [2.24, 2.45) is 0 Å². The zero-order valence-corrected chi connectivity index (χ0v) is 15.8. The van der Waals surface area contributed by atoms with Crippen LogP contribution in [0.5, 0.6) is 0 Å². The average Bonchev–Trinajstić information content (AvgIpc) is 2.46. The quantitative estimate of drug-likeness (QED) is 0.796. The Bertz CT molecular complexity index is 547. The van der Waals surface area contributed by atoms with E-state index in [4.69, 9.17) is 0 Å². The van der Waals surface area contributed by atoms with Gasteiger partial charge in [0.2, 0.25) is 11.8 Å². The smallest absolute Gasteiger partial charge is 0.238 e. The molecule has 0 aliphatic carbocycles. The summed E-state index contributed by atoms with van der Waals surface area (Å²) in [6.45, 7) is 10.5. The van der Waals surface area contributed by atoms with Crippen LogP contribution in [0.4, 0.5) is 5.69 Å². The maximum Gasteiger partial charge on any atom is 0.238 e. The molecule has 0 spiro atoms. The number of aryl methyl sites for hydroxylation is 1. The molecule has 5 nitrogen and oxygen atoms in total. The summed E-state index contributed by atoms with van der Waals surface area (Å²) in [4.78, 5) is 28.3. The zero-order valence-electron chi connectivity index (χ0n) is 15.8. The van der Waals surface area contributed by atoms with E-state index in [1.807, 2.05) is 56.9 Å². The molecule has 5 heteroatoms. The second kappa shape index (κ2) is 9.42. The van der Waals surface area contributed by atoms with Gasteiger partial charge in [0, 0.05) is 17.8 Å². The van der Waals surface area contributed by atoms with E-state index in [0.717, 1.165) is 17.7 Å². The summed E-state index contributed by atoms with van der Waals surface area (Å²) in [6, 6.07) is 8.08. The van der Waals surface area contributed by atoms with Gasteiger partial charge in [0.15, 0.2) is 0 Å². The topological polar surface area (TPSA) is 52.7 Å². The fourth-order valence-electron chi connectivity index (χ4n) is 2.93. The molecule has 1 aromatic carbocycles. The van der Waals surface area contributed by atoms with E-state index in [-0.39, 0.29) is 37.0 Å². The monoisotopic (exact) mass is 333 g/mol. The molecule has 1 rings (SSSR count). The molecule has 0 fully saturated rings. The largest absolute Gasteiger partial charge is 0.337 e. The molecule has 24 heavy (non-hydrogen) atoms. The lowest BCUT2D eigenvalue weighted by Gasteiger charge is -2.32. The van der Waals surface area contributed by atoms with Crippen molar-refractivity contribution in [3.63, 3.8) is 0 Å². The van der Waals surface area contributed by atoms with Gasteiger partial charge in [-0.3, -0.25) is 14.5 Å². The number of benzene rings is 1. The number of hydrogen-bond donors (Lipinski definition) is 1. The van der Waals surface area contributed by atoms with E-state index < -0.39 is 0 Å². The molecule has 2 amide bonds. The molecule has 0 aliphatic rings. The van der Waals surface area contributed by atoms with Gasteiger partial charge in [-0.1, -0.05) is 25.1 Å². The maximum atomic E-state index is 12.4. The van der Waals surface area contributed by atoms with Crippen LogP contribution in [0.1, 0.15) is 40.2 Å². The second-order valence-corrected chi connectivity index (χ2v) is 6.72. The first-order valence-corrected chi connectivity index (χ1v) is 8.63. The highest BCUT2D eigenvalue weighted by Crippen LogP contribution is 2.15. The lowest BCUT2D eigenvalue weighted by atomic mass is 10.1. The molecule has 0 heterocycles. The van der Waals surface area contributed by atoms with Gasteiger partial charge in [-0.05, 0) is 52.8 Å². The normalized spacial score (nSPS) is 11.2. The minimum atomic E-state index is -0.105. The molecule has 0 saturated heterocycles. The first kappa shape index (κ1) is 20.2. The highest BCUT2D eigenvalue weighted by molar-refractivity contribution is 5.93. The molecule has 1 N–H and O–H groups in total. The van der Waals surface area contributed by atoms with Crippen molar-refractivity contribution >= 4 is 17.5 Å². The van der Waals surface area contributed by atoms with Crippen molar-refractivity contribution in [2.45, 2.75) is 53.1 Å². The van der Waals surface area contributed by atoms with Crippen molar-refractivity contribution in [3.8, 4) is 0 Å². The predicted octanol–water partition coefficient (Wildman–Crippen LogP) is 2.76. The molecule has 0 atom stereocenters. The molecule has 1 aromatic rings. The summed E-state index contributed by atoms with van der Waals surface area (Å²) < 4.78 is 0. The molecule has 0 bridgehead atoms. The van der Waals surface area contributed by atoms with Gasteiger partial charge in [0.1, 0.15) is 0 Å². The number of nitrogens with zero attached hydrogens (tertiary/aromatic N) is 2. The van der Waals surface area contributed by atoms with Crippen LogP contribution in [0.25, 0.3) is 0 Å². The summed E-state index contributed by atoms with van der Waals surface area (Å²) in [5.41, 5.74) is 1.95. The Morgan fingerprint density at radius 3 is 2.17 bits per heavy atom. The van der Waals surface area contributed by atoms with E-state index in [1.54, 1.807) is 11.9 Å². The van der Waals surface area contributed by atoms with Crippen LogP contribution in [0, 0.1) is 0 Å². The van der Waals surface area contributed by atoms with Crippen LogP contribution in [-0.2, 0) is 16.0 Å². The predicted molar refractivity (Wildman–Crippen MR) is 99.1 cm³/mol. The molecule has 0 aliphatic heterocycles. The van der Waals surface area contributed by atoms with Crippen LogP contribution in [0.2, 0.25) is 0 Å². The van der Waals surface area contributed by atoms with Crippen molar-refractivity contribution in [1.29, 1.82) is 0 Å². The third-order valence-electron chi connectivity index (χ3n) is 3.89. The van der Waals surface area contributed by atoms with Crippen molar-refractivity contribution < 1.29 is 9.59 Å². The van der Waals surface area contributed by atoms with Crippen LogP contribution in [0.3, 0.4) is 0 Å². The number of nitrogens with one attached hydrogen (secondary N) is 1. The number of carbonyl (C=O) groups is 2. The van der Waals surface area contributed by atoms with E-state index in [1.165, 1.54) is 0 Å². The molecular weight excluding hydrogens is 302 g/mol. The number of para-hydroxylation sites is 1. The summed E-state index contributed by atoms with van der Waals surface area (Å²) in [5.74, 6) is -0.0592. The molecule has 0 aromatic heterocycles. The number of carbonyl (C=O) groups excluding carboxylic acids is 2. The highest BCUT2D eigenvalue weighted by atomic mass is 16.2. The lowest BCUT2D eigenvalue weighted by Crippen LogP contribution is -2.47. The van der Waals surface area contributed by atoms with Crippen molar-refractivity contribution in [2.75, 3.05) is 25.5 Å². The van der Waals surface area contributed by atoms with Gasteiger partial charge < -0.3 is 10.2 Å². The fraction of sp³-hybridized carbons (Fsp3) is 0.579. The maximum absolute atomic E-state index is 12.4. The van der Waals surface area contributed by atoms with E-state index >= 15 is 0 Å². The summed E-state index contributed by atoms with van der Waals surface area (Å²) in [6.07, 6.45) is 0.864.